The lowest BCUT2D eigenvalue weighted by Crippen LogP contribution is -2.62. The van der Waals surface area contributed by atoms with Crippen molar-refractivity contribution in [1.29, 1.82) is 0 Å². The first-order valence-corrected chi connectivity index (χ1v) is 12.9. The smallest absolute Gasteiger partial charge is 0.181 e. The highest BCUT2D eigenvalue weighted by Crippen LogP contribution is 2.69. The highest BCUT2D eigenvalue weighted by molar-refractivity contribution is 5.82. The van der Waals surface area contributed by atoms with Gasteiger partial charge in [-0.3, -0.25) is 0 Å². The first-order chi connectivity index (χ1) is 16.7. The highest BCUT2D eigenvalue weighted by Gasteiger charge is 2.68. The third-order valence-corrected chi connectivity index (χ3v) is 10.3. The molecule has 3 aliphatic carbocycles. The molecule has 1 saturated heterocycles. The van der Waals surface area contributed by atoms with Crippen LogP contribution < -0.4 is 0 Å². The zero-order chi connectivity index (χ0) is 24.3. The summed E-state index contributed by atoms with van der Waals surface area (Å²) in [6.07, 6.45) is 10.3. The quantitative estimate of drug-likeness (QED) is 0.683. The number of aromatic nitrogens is 1. The van der Waals surface area contributed by atoms with Gasteiger partial charge in [0.1, 0.15) is 11.6 Å². The molecule has 35 heavy (non-hydrogen) atoms. The van der Waals surface area contributed by atoms with Gasteiger partial charge in [-0.1, -0.05) is 38.1 Å². The van der Waals surface area contributed by atoms with Gasteiger partial charge in [0.2, 0.25) is 0 Å². The maximum absolute atomic E-state index is 11.2. The highest BCUT2D eigenvalue weighted by atomic mass is 16.5. The predicted octanol–water partition coefficient (Wildman–Crippen LogP) is 4.10. The van der Waals surface area contributed by atoms with Crippen molar-refractivity contribution in [3.8, 4) is 0 Å². The summed E-state index contributed by atoms with van der Waals surface area (Å²) in [6, 6.07) is 6.21. The van der Waals surface area contributed by atoms with E-state index in [1.807, 2.05) is 25.1 Å². The molecular formula is C29H34N2O4. The summed E-state index contributed by atoms with van der Waals surface area (Å²) in [4.78, 5) is 6.32. The average molecular weight is 475 g/mol. The first kappa shape index (κ1) is 22.0. The van der Waals surface area contributed by atoms with E-state index in [1.54, 1.807) is 0 Å². The lowest BCUT2D eigenvalue weighted by Gasteiger charge is -2.57. The van der Waals surface area contributed by atoms with Gasteiger partial charge in [-0.05, 0) is 80.1 Å². The summed E-state index contributed by atoms with van der Waals surface area (Å²) < 4.78 is 12.9. The van der Waals surface area contributed by atoms with Gasteiger partial charge < -0.3 is 24.3 Å². The van der Waals surface area contributed by atoms with E-state index in [2.05, 4.69) is 49.2 Å². The third kappa shape index (κ3) is 2.61. The molecule has 1 aromatic heterocycles. The van der Waals surface area contributed by atoms with Gasteiger partial charge in [0, 0.05) is 17.4 Å². The van der Waals surface area contributed by atoms with Gasteiger partial charge in [0.25, 0.3) is 0 Å². The minimum atomic E-state index is -0.900. The largest absolute Gasteiger partial charge is 0.443 e. The van der Waals surface area contributed by atoms with Crippen LogP contribution in [-0.4, -0.2) is 63.6 Å². The predicted molar refractivity (Wildman–Crippen MR) is 133 cm³/mol. The van der Waals surface area contributed by atoms with Gasteiger partial charge >= 0.3 is 0 Å². The molecule has 2 spiro atoms. The van der Waals surface area contributed by atoms with Crippen molar-refractivity contribution in [1.82, 2.24) is 9.88 Å². The fraction of sp³-hybridized carbons (Fsp3) is 0.552. The van der Waals surface area contributed by atoms with E-state index in [0.717, 1.165) is 35.9 Å². The minimum absolute atomic E-state index is 0.0815. The summed E-state index contributed by atoms with van der Waals surface area (Å²) in [7, 11) is 3.95. The molecule has 0 amide bonds. The SMILES string of the molecule is CC1C=C2C=C3[C@@H](O)[C@H](O)[C@@H](N(C)C)C[C@]34CC[C@]2(O4)C2CC=C(c3ccc4ncoc4c3)[C@@]12C. The summed E-state index contributed by atoms with van der Waals surface area (Å²) >= 11 is 0. The number of oxazole rings is 1. The molecule has 2 N–H and O–H groups in total. The summed E-state index contributed by atoms with van der Waals surface area (Å²) in [6.45, 7) is 4.71. The number of ether oxygens (including phenoxy) is 1. The van der Waals surface area contributed by atoms with Crippen LogP contribution in [0.3, 0.4) is 0 Å². The van der Waals surface area contributed by atoms with Crippen LogP contribution in [0.25, 0.3) is 16.7 Å². The van der Waals surface area contributed by atoms with Crippen molar-refractivity contribution in [3.63, 3.8) is 0 Å². The van der Waals surface area contributed by atoms with Gasteiger partial charge in [-0.15, -0.1) is 0 Å². The van der Waals surface area contributed by atoms with Crippen molar-refractivity contribution >= 4 is 16.7 Å². The van der Waals surface area contributed by atoms with Crippen LogP contribution in [0.4, 0.5) is 0 Å². The second-order valence-corrected chi connectivity index (χ2v) is 11.9. The van der Waals surface area contributed by atoms with Crippen LogP contribution in [0.15, 0.2) is 58.4 Å². The molecule has 8 atom stereocenters. The summed E-state index contributed by atoms with van der Waals surface area (Å²) in [5, 5.41) is 22.1. The van der Waals surface area contributed by atoms with E-state index in [-0.39, 0.29) is 17.1 Å². The Morgan fingerprint density at radius 1 is 1.17 bits per heavy atom. The number of hydrogen-bond donors (Lipinski definition) is 2. The van der Waals surface area contributed by atoms with Gasteiger partial charge in [-0.2, -0.15) is 0 Å². The number of aliphatic hydroxyl groups is 2. The zero-order valence-corrected chi connectivity index (χ0v) is 20.9. The Bertz CT molecular complexity index is 1320. The van der Waals surface area contributed by atoms with Crippen LogP contribution >= 0.6 is 0 Å². The molecular weight excluding hydrogens is 440 g/mol. The van der Waals surface area contributed by atoms with Crippen molar-refractivity contribution in [2.75, 3.05) is 14.1 Å². The summed E-state index contributed by atoms with van der Waals surface area (Å²) in [5.74, 6) is 0.602. The third-order valence-electron chi connectivity index (χ3n) is 10.3. The van der Waals surface area contributed by atoms with E-state index < -0.39 is 17.8 Å². The fourth-order valence-electron chi connectivity index (χ4n) is 8.28. The Hall–Kier alpha value is -2.25. The molecule has 5 aliphatic rings. The molecule has 2 aromatic rings. The minimum Gasteiger partial charge on any atom is -0.443 e. The molecule has 1 aromatic carbocycles. The number of nitrogens with zero attached hydrogens (tertiary/aromatic N) is 2. The molecule has 2 unspecified atom stereocenters. The molecule has 2 fully saturated rings. The van der Waals surface area contributed by atoms with E-state index in [4.69, 9.17) is 9.15 Å². The van der Waals surface area contributed by atoms with Crippen LogP contribution in [0.1, 0.15) is 45.1 Å². The standard InChI is InChI=1S/C29H34N2O4/c1-16-11-18-13-20-25(32)26(33)22(31(3)4)14-28(20)9-10-29(18,35-28)24-8-6-19(27(16,24)2)17-5-7-21-23(12-17)34-15-30-21/h5-7,11-13,15-16,22,24-26,32-33H,8-10,14H2,1-4H3/t16?,22-,24?,25+,26+,27+,28+,29+/m0/s1. The zero-order valence-electron chi connectivity index (χ0n) is 20.9. The van der Waals surface area contributed by atoms with Crippen LogP contribution in [0.5, 0.6) is 0 Å². The molecule has 7 rings (SSSR count). The number of allylic oxidation sites excluding steroid dienone is 3. The topological polar surface area (TPSA) is 79.0 Å². The van der Waals surface area contributed by atoms with Crippen LogP contribution in [0.2, 0.25) is 0 Å². The number of likely N-dealkylation sites (N-methyl/N-ethyl adjacent to an activating group) is 1. The Kier molecular flexibility index (Phi) is 4.36. The van der Waals surface area contributed by atoms with Crippen LogP contribution in [0, 0.1) is 17.3 Å². The van der Waals surface area contributed by atoms with Gasteiger partial charge in [-0.25, -0.2) is 4.98 Å². The number of benzene rings is 1. The van der Waals surface area contributed by atoms with Gasteiger partial charge in [0.05, 0.1) is 17.3 Å². The van der Waals surface area contributed by atoms with Crippen LogP contribution in [-0.2, 0) is 4.74 Å². The van der Waals surface area contributed by atoms with Crippen molar-refractivity contribution in [2.24, 2.45) is 17.3 Å². The molecule has 0 radical (unpaired) electrons. The number of fused-ring (bicyclic) bond motifs is 2. The molecule has 3 heterocycles. The number of aliphatic hydroxyl groups excluding tert-OH is 2. The maximum atomic E-state index is 11.2. The number of rotatable bonds is 2. The second-order valence-electron chi connectivity index (χ2n) is 11.9. The van der Waals surface area contributed by atoms with Crippen molar-refractivity contribution < 1.29 is 19.4 Å². The Morgan fingerprint density at radius 3 is 2.80 bits per heavy atom. The molecule has 2 bridgehead atoms. The Morgan fingerprint density at radius 2 is 2.00 bits per heavy atom. The number of hydrogen-bond acceptors (Lipinski definition) is 6. The lowest BCUT2D eigenvalue weighted by atomic mass is 9.54. The van der Waals surface area contributed by atoms with Gasteiger partial charge in [0.15, 0.2) is 12.0 Å². The normalized spacial score (nSPS) is 44.0. The van der Waals surface area contributed by atoms with E-state index in [1.165, 1.54) is 23.1 Å². The fourth-order valence-corrected chi connectivity index (χ4v) is 8.28. The average Bonchev–Trinajstić information content (AvgIpc) is 3.52. The van der Waals surface area contributed by atoms with E-state index >= 15 is 0 Å². The molecule has 1 saturated carbocycles. The summed E-state index contributed by atoms with van der Waals surface area (Å²) in [5.41, 5.74) is 5.38. The molecule has 6 heteroatoms. The van der Waals surface area contributed by atoms with E-state index in [9.17, 15) is 10.2 Å². The molecule has 184 valence electrons. The Labute approximate surface area is 206 Å². The first-order valence-electron chi connectivity index (χ1n) is 12.9. The van der Waals surface area contributed by atoms with Crippen molar-refractivity contribution in [2.45, 2.75) is 69.0 Å². The molecule has 2 aliphatic heterocycles. The molecule has 6 nitrogen and oxygen atoms in total. The van der Waals surface area contributed by atoms with E-state index in [0.29, 0.717) is 18.3 Å². The van der Waals surface area contributed by atoms with Crippen molar-refractivity contribution in [3.05, 3.63) is 59.5 Å². The monoisotopic (exact) mass is 474 g/mol. The second kappa shape index (κ2) is 6.94. The Balaban J connectivity index is 1.33. The lowest BCUT2D eigenvalue weighted by molar-refractivity contribution is -0.165. The maximum Gasteiger partial charge on any atom is 0.181 e.